The molecule has 26 heavy (non-hydrogen) atoms. The summed E-state index contributed by atoms with van der Waals surface area (Å²) in [5.41, 5.74) is 1.75. The Hall–Kier alpha value is -1.98. The number of pyridine rings is 1. The van der Waals surface area contributed by atoms with E-state index in [1.807, 2.05) is 12.3 Å². The molecule has 2 aromatic rings. The summed E-state index contributed by atoms with van der Waals surface area (Å²) in [4.78, 5) is 7.14. The largest absolute Gasteiger partial charge is 0.456 e. The highest BCUT2D eigenvalue weighted by molar-refractivity contribution is 7.80. The smallest absolute Gasteiger partial charge is 0.257 e. The van der Waals surface area contributed by atoms with Gasteiger partial charge in [-0.15, -0.1) is 6.58 Å². The van der Waals surface area contributed by atoms with E-state index in [1.165, 1.54) is 12.0 Å². The number of fused-ring (bicyclic) bond motifs is 4. The van der Waals surface area contributed by atoms with Crippen LogP contribution in [0.2, 0.25) is 0 Å². The van der Waals surface area contributed by atoms with Crippen LogP contribution in [-0.2, 0) is 10.3 Å². The molecule has 0 saturated carbocycles. The van der Waals surface area contributed by atoms with E-state index < -0.39 is 5.60 Å². The molecule has 4 aliphatic rings. The molecule has 0 radical (unpaired) electrons. The molecule has 0 spiro atoms. The Bertz CT molecular complexity index is 879. The number of rotatable bonds is 3. The van der Waals surface area contributed by atoms with Gasteiger partial charge in [0.15, 0.2) is 5.60 Å². The minimum absolute atomic E-state index is 0.316. The first kappa shape index (κ1) is 16.2. The van der Waals surface area contributed by atoms with Crippen LogP contribution in [0.4, 0.5) is 0 Å². The summed E-state index contributed by atoms with van der Waals surface area (Å²) < 4.78 is 6.43. The normalized spacial score (nSPS) is 35.9. The van der Waals surface area contributed by atoms with Crippen molar-refractivity contribution in [2.75, 3.05) is 19.6 Å². The van der Waals surface area contributed by atoms with Crippen LogP contribution in [0.5, 0.6) is 0 Å². The Morgan fingerprint density at radius 3 is 2.96 bits per heavy atom. The highest BCUT2D eigenvalue weighted by Gasteiger charge is 2.55. The van der Waals surface area contributed by atoms with Gasteiger partial charge in [-0.3, -0.25) is 9.88 Å². The fraction of sp³-hybridized carbons (Fsp3) is 0.429. The zero-order valence-electron chi connectivity index (χ0n) is 14.7. The lowest BCUT2D eigenvalue weighted by molar-refractivity contribution is -0.0836. The van der Waals surface area contributed by atoms with Gasteiger partial charge in [0.1, 0.15) is 0 Å². The summed E-state index contributed by atoms with van der Waals surface area (Å²) in [6.07, 6.45) is 6.41. The molecule has 4 nitrogen and oxygen atoms in total. The van der Waals surface area contributed by atoms with Gasteiger partial charge >= 0.3 is 0 Å². The van der Waals surface area contributed by atoms with Gasteiger partial charge < -0.3 is 10.1 Å². The van der Waals surface area contributed by atoms with Crippen molar-refractivity contribution in [3.63, 3.8) is 0 Å². The second-order valence-corrected chi connectivity index (χ2v) is 8.07. The molecule has 1 aromatic carbocycles. The van der Waals surface area contributed by atoms with Crippen molar-refractivity contribution in [1.82, 2.24) is 15.2 Å². The second kappa shape index (κ2) is 6.03. The van der Waals surface area contributed by atoms with Crippen LogP contribution >= 0.6 is 12.2 Å². The Morgan fingerprint density at radius 2 is 2.23 bits per heavy atom. The number of ether oxygens (including phenoxy) is 1. The van der Waals surface area contributed by atoms with Crippen LogP contribution in [0.25, 0.3) is 10.9 Å². The molecule has 0 amide bonds. The topological polar surface area (TPSA) is 37.4 Å². The predicted octanol–water partition coefficient (Wildman–Crippen LogP) is 3.23. The fourth-order valence-corrected chi connectivity index (χ4v) is 5.46. The van der Waals surface area contributed by atoms with Gasteiger partial charge in [-0.25, -0.2) is 0 Å². The molecular weight excluding hydrogens is 342 g/mol. The van der Waals surface area contributed by atoms with E-state index in [0.29, 0.717) is 29.6 Å². The minimum atomic E-state index is -0.454. The van der Waals surface area contributed by atoms with Gasteiger partial charge in [-0.2, -0.15) is 0 Å². The molecule has 1 unspecified atom stereocenters. The van der Waals surface area contributed by atoms with E-state index in [0.717, 1.165) is 30.4 Å². The molecule has 5 heteroatoms. The van der Waals surface area contributed by atoms with Crippen molar-refractivity contribution < 1.29 is 4.74 Å². The maximum Gasteiger partial charge on any atom is 0.257 e. The summed E-state index contributed by atoms with van der Waals surface area (Å²) in [5, 5.41) is 4.96. The third-order valence-corrected chi connectivity index (χ3v) is 6.75. The predicted molar refractivity (Wildman–Crippen MR) is 107 cm³/mol. The van der Waals surface area contributed by atoms with Crippen LogP contribution in [0.1, 0.15) is 18.4 Å². The summed E-state index contributed by atoms with van der Waals surface area (Å²) in [6, 6.07) is 10.7. The fourth-order valence-electron chi connectivity index (χ4n) is 5.24. The first-order valence-electron chi connectivity index (χ1n) is 9.39. The van der Waals surface area contributed by atoms with Gasteiger partial charge in [0.25, 0.3) is 5.17 Å². The number of thiocarbonyl (C=S) groups is 1. The molecule has 4 saturated heterocycles. The van der Waals surface area contributed by atoms with Crippen LogP contribution < -0.4 is 5.32 Å². The monoisotopic (exact) mass is 365 g/mol. The molecule has 1 aromatic heterocycles. The molecule has 2 bridgehead atoms. The maximum atomic E-state index is 6.43. The molecule has 5 atom stereocenters. The number of benzene rings is 1. The highest BCUT2D eigenvalue weighted by atomic mass is 32.1. The molecule has 6 rings (SSSR count). The highest BCUT2D eigenvalue weighted by Crippen LogP contribution is 2.47. The lowest BCUT2D eigenvalue weighted by Crippen LogP contribution is -2.61. The van der Waals surface area contributed by atoms with Crippen molar-refractivity contribution in [1.29, 1.82) is 0 Å². The second-order valence-electron chi connectivity index (χ2n) is 7.70. The maximum absolute atomic E-state index is 6.43. The van der Waals surface area contributed by atoms with E-state index in [2.05, 4.69) is 52.1 Å². The first-order chi connectivity index (χ1) is 12.7. The third kappa shape index (κ3) is 2.30. The van der Waals surface area contributed by atoms with Crippen molar-refractivity contribution >= 4 is 28.3 Å². The average molecular weight is 366 g/mol. The van der Waals surface area contributed by atoms with Crippen LogP contribution in [0, 0.1) is 11.8 Å². The number of aromatic nitrogens is 1. The zero-order chi connectivity index (χ0) is 17.7. The zero-order valence-corrected chi connectivity index (χ0v) is 15.5. The molecule has 4 aliphatic heterocycles. The van der Waals surface area contributed by atoms with E-state index in [4.69, 9.17) is 17.0 Å². The van der Waals surface area contributed by atoms with Gasteiger partial charge in [0.05, 0.1) is 18.1 Å². The molecule has 4 fully saturated rings. The number of nitrogens with one attached hydrogen (secondary N) is 1. The van der Waals surface area contributed by atoms with Crippen LogP contribution in [-0.4, -0.2) is 40.7 Å². The van der Waals surface area contributed by atoms with E-state index in [9.17, 15) is 0 Å². The van der Waals surface area contributed by atoms with Crippen LogP contribution in [0.15, 0.2) is 49.2 Å². The Kier molecular flexibility index (Phi) is 3.76. The molecular formula is C21H23N3OS. The Morgan fingerprint density at radius 1 is 1.35 bits per heavy atom. The number of hydrogen-bond acceptors (Lipinski definition) is 4. The van der Waals surface area contributed by atoms with Gasteiger partial charge in [0, 0.05) is 23.7 Å². The summed E-state index contributed by atoms with van der Waals surface area (Å²) >= 11 is 5.41. The van der Waals surface area contributed by atoms with Crippen molar-refractivity contribution in [3.05, 3.63) is 54.7 Å². The lowest BCUT2D eigenvalue weighted by atomic mass is 9.69. The van der Waals surface area contributed by atoms with E-state index in [1.54, 1.807) is 0 Å². The van der Waals surface area contributed by atoms with Crippen molar-refractivity contribution in [2.24, 2.45) is 11.8 Å². The summed E-state index contributed by atoms with van der Waals surface area (Å²) in [7, 11) is 0. The summed E-state index contributed by atoms with van der Waals surface area (Å²) in [6.45, 7) is 6.96. The summed E-state index contributed by atoms with van der Waals surface area (Å²) in [5.74, 6) is 1.28. The SMILES string of the molecule is C=C[C@H]1CN2CC[C@H]1C[C@@H]2[C@]1(c2ccnc3ccccc23)CNC(=S)O1. The van der Waals surface area contributed by atoms with E-state index >= 15 is 0 Å². The third-order valence-electron chi connectivity index (χ3n) is 6.52. The van der Waals surface area contributed by atoms with Crippen molar-refractivity contribution in [3.8, 4) is 0 Å². The molecule has 5 heterocycles. The molecule has 134 valence electrons. The van der Waals surface area contributed by atoms with Gasteiger partial charge in [0.2, 0.25) is 0 Å². The minimum Gasteiger partial charge on any atom is -0.456 e. The quantitative estimate of drug-likeness (QED) is 0.668. The van der Waals surface area contributed by atoms with Gasteiger partial charge in [-0.1, -0.05) is 24.3 Å². The standard InChI is InChI=1S/C21H23N3OS/c1-2-14-12-24-10-8-15(14)11-19(24)21(13-23-20(26)25-21)17-7-9-22-18-6-4-3-5-16(17)18/h2-7,9,14-15,19H,1,8,10-13H2,(H,23,26)/t14-,15-,19+,21+/m0/s1. The molecule has 1 N–H and O–H groups in total. The number of piperidine rings is 3. The van der Waals surface area contributed by atoms with Gasteiger partial charge in [-0.05, 0) is 55.6 Å². The Balaban J connectivity index is 1.64. The van der Waals surface area contributed by atoms with E-state index in [-0.39, 0.29) is 0 Å². The van der Waals surface area contributed by atoms with Crippen molar-refractivity contribution in [2.45, 2.75) is 24.5 Å². The number of hydrogen-bond donors (Lipinski definition) is 1. The number of nitrogens with zero attached hydrogens (tertiary/aromatic N) is 2. The number of para-hydroxylation sites is 1. The average Bonchev–Trinajstić information content (AvgIpc) is 3.10. The lowest BCUT2D eigenvalue weighted by Gasteiger charge is -2.54. The van der Waals surface area contributed by atoms with Crippen LogP contribution in [0.3, 0.4) is 0 Å². The first-order valence-corrected chi connectivity index (χ1v) is 9.80. The molecule has 0 aliphatic carbocycles. The Labute approximate surface area is 159 Å².